The molecule has 0 aliphatic carbocycles. The summed E-state index contributed by atoms with van der Waals surface area (Å²) >= 11 is 4.96. The number of fused-ring (bicyclic) bond motifs is 1. The molecule has 0 bridgehead atoms. The molecule has 1 N–H and O–H groups in total. The SMILES string of the molecule is Pn1ncc2ccc(=S)[nH]c21. The summed E-state index contributed by atoms with van der Waals surface area (Å²) in [5.74, 6) is 0. The molecule has 3 nitrogen and oxygen atoms in total. The van der Waals surface area contributed by atoms with Crippen LogP contribution in [-0.4, -0.2) is 14.5 Å². The van der Waals surface area contributed by atoms with E-state index in [2.05, 4.69) is 19.5 Å². The Hall–Kier alpha value is -0.730. The highest BCUT2D eigenvalue weighted by Crippen LogP contribution is 2.11. The van der Waals surface area contributed by atoms with Crippen LogP contribution in [0.3, 0.4) is 0 Å². The number of aromatic nitrogens is 3. The van der Waals surface area contributed by atoms with E-state index in [0.29, 0.717) is 0 Å². The van der Waals surface area contributed by atoms with E-state index >= 15 is 0 Å². The molecule has 0 saturated carbocycles. The summed E-state index contributed by atoms with van der Waals surface area (Å²) in [6.07, 6.45) is 1.79. The molecule has 56 valence electrons. The van der Waals surface area contributed by atoms with Crippen LogP contribution in [0.15, 0.2) is 18.3 Å². The van der Waals surface area contributed by atoms with Gasteiger partial charge in [-0.1, -0.05) is 12.2 Å². The van der Waals surface area contributed by atoms with Gasteiger partial charge in [-0.2, -0.15) is 5.10 Å². The van der Waals surface area contributed by atoms with Crippen LogP contribution < -0.4 is 0 Å². The quantitative estimate of drug-likeness (QED) is 0.498. The van der Waals surface area contributed by atoms with E-state index < -0.39 is 0 Å². The van der Waals surface area contributed by atoms with Gasteiger partial charge in [-0.3, -0.25) is 0 Å². The standard InChI is InChI=1S/C6H6N3PS/c10-9-6-4(3-7-9)1-2-5(11)8-6/h1-3H,10H2,(H,8,11). The van der Waals surface area contributed by atoms with Crippen molar-refractivity contribution in [3.8, 4) is 0 Å². The van der Waals surface area contributed by atoms with Gasteiger partial charge in [0.05, 0.1) is 6.20 Å². The first-order valence-electron chi connectivity index (χ1n) is 3.09. The molecule has 2 aromatic rings. The van der Waals surface area contributed by atoms with Crippen LogP contribution in [0.5, 0.6) is 0 Å². The van der Waals surface area contributed by atoms with Gasteiger partial charge in [0, 0.05) is 5.39 Å². The lowest BCUT2D eigenvalue weighted by atomic mass is 10.4. The lowest BCUT2D eigenvalue weighted by Gasteiger charge is -1.91. The van der Waals surface area contributed by atoms with Crippen molar-refractivity contribution in [3.63, 3.8) is 0 Å². The Morgan fingerprint density at radius 2 is 2.36 bits per heavy atom. The number of nitrogens with zero attached hydrogens (tertiary/aromatic N) is 2. The summed E-state index contributed by atoms with van der Waals surface area (Å²) in [7, 11) is 2.48. The Morgan fingerprint density at radius 1 is 1.55 bits per heavy atom. The number of hydrogen-bond acceptors (Lipinski definition) is 2. The van der Waals surface area contributed by atoms with E-state index in [1.54, 1.807) is 10.6 Å². The average Bonchev–Trinajstić information content (AvgIpc) is 2.33. The number of rotatable bonds is 0. The Bertz CT molecular complexity index is 444. The average molecular weight is 183 g/mol. The summed E-state index contributed by atoms with van der Waals surface area (Å²) < 4.78 is 2.41. The highest BCUT2D eigenvalue weighted by atomic mass is 32.1. The number of hydrogen-bond donors (Lipinski definition) is 1. The van der Waals surface area contributed by atoms with E-state index in [1.165, 1.54) is 0 Å². The molecule has 0 aliphatic rings. The predicted octanol–water partition coefficient (Wildman–Crippen LogP) is 1.73. The zero-order valence-corrected chi connectivity index (χ0v) is 7.58. The second-order valence-corrected chi connectivity index (χ2v) is 3.14. The van der Waals surface area contributed by atoms with Gasteiger partial charge >= 0.3 is 0 Å². The van der Waals surface area contributed by atoms with Crippen molar-refractivity contribution in [2.75, 3.05) is 0 Å². The molecule has 0 spiro atoms. The van der Waals surface area contributed by atoms with Gasteiger partial charge in [0.2, 0.25) is 0 Å². The van der Waals surface area contributed by atoms with Crippen LogP contribution in [0.4, 0.5) is 0 Å². The molecule has 2 aromatic heterocycles. The number of nitrogens with one attached hydrogen (secondary N) is 1. The van der Waals surface area contributed by atoms with Gasteiger partial charge in [-0.05, 0) is 21.5 Å². The van der Waals surface area contributed by atoms with Crippen molar-refractivity contribution in [3.05, 3.63) is 23.0 Å². The largest absolute Gasteiger partial charge is 0.331 e. The maximum atomic E-state index is 4.96. The van der Waals surface area contributed by atoms with Gasteiger partial charge in [-0.15, -0.1) is 0 Å². The normalized spacial score (nSPS) is 10.6. The van der Waals surface area contributed by atoms with Crippen molar-refractivity contribution in [1.82, 2.24) is 14.5 Å². The fourth-order valence-electron chi connectivity index (χ4n) is 0.951. The molecule has 0 saturated heterocycles. The molecule has 1 unspecified atom stereocenters. The zero-order chi connectivity index (χ0) is 7.84. The van der Waals surface area contributed by atoms with E-state index in [4.69, 9.17) is 12.2 Å². The lowest BCUT2D eigenvalue weighted by molar-refractivity contribution is 1.02. The fourth-order valence-corrected chi connectivity index (χ4v) is 1.40. The molecule has 2 rings (SSSR count). The van der Waals surface area contributed by atoms with Crippen molar-refractivity contribution >= 4 is 32.6 Å². The highest BCUT2D eigenvalue weighted by Gasteiger charge is 1.96. The van der Waals surface area contributed by atoms with Gasteiger partial charge in [0.1, 0.15) is 10.3 Å². The molecule has 1 atom stereocenters. The Morgan fingerprint density at radius 3 is 3.18 bits per heavy atom. The van der Waals surface area contributed by atoms with Gasteiger partial charge in [-0.25, -0.2) is 4.45 Å². The summed E-state index contributed by atoms with van der Waals surface area (Å²) in [5.41, 5.74) is 0.933. The van der Waals surface area contributed by atoms with E-state index in [-0.39, 0.29) is 0 Å². The number of H-pyrrole nitrogens is 1. The van der Waals surface area contributed by atoms with Crippen LogP contribution in [-0.2, 0) is 0 Å². The third-order valence-electron chi connectivity index (χ3n) is 1.48. The second kappa shape index (κ2) is 2.40. The fraction of sp³-hybridized carbons (Fsp3) is 0. The minimum atomic E-state index is 0.724. The van der Waals surface area contributed by atoms with Crippen LogP contribution in [0.2, 0.25) is 0 Å². The molecule has 0 amide bonds. The van der Waals surface area contributed by atoms with E-state index in [9.17, 15) is 0 Å². The first-order chi connectivity index (χ1) is 5.27. The molecular formula is C6H6N3PS. The number of aromatic amines is 1. The molecule has 0 aliphatic heterocycles. The summed E-state index contributed by atoms with van der Waals surface area (Å²) in [4.78, 5) is 3.03. The Balaban J connectivity index is 2.98. The zero-order valence-electron chi connectivity index (χ0n) is 5.61. The van der Waals surface area contributed by atoms with Crippen LogP contribution in [0, 0.1) is 4.64 Å². The minimum Gasteiger partial charge on any atom is -0.331 e. The molecule has 5 heteroatoms. The van der Waals surface area contributed by atoms with Gasteiger partial charge < -0.3 is 4.98 Å². The molecule has 11 heavy (non-hydrogen) atoms. The highest BCUT2D eigenvalue weighted by molar-refractivity contribution is 7.71. The molecular weight excluding hydrogens is 177 g/mol. The van der Waals surface area contributed by atoms with Crippen LogP contribution in [0.25, 0.3) is 11.0 Å². The maximum Gasteiger partial charge on any atom is 0.139 e. The first-order valence-corrected chi connectivity index (χ1v) is 4.02. The smallest absolute Gasteiger partial charge is 0.139 e. The third kappa shape index (κ3) is 1.08. The minimum absolute atomic E-state index is 0.724. The van der Waals surface area contributed by atoms with E-state index in [1.807, 2.05) is 12.1 Å². The summed E-state index contributed by atoms with van der Waals surface area (Å²) in [5, 5.41) is 5.10. The molecule has 0 radical (unpaired) electrons. The van der Waals surface area contributed by atoms with E-state index in [0.717, 1.165) is 15.7 Å². The first kappa shape index (κ1) is 6.95. The molecule has 0 aromatic carbocycles. The summed E-state index contributed by atoms with van der Waals surface area (Å²) in [6, 6.07) is 3.80. The molecule has 2 heterocycles. The van der Waals surface area contributed by atoms with Crippen molar-refractivity contribution in [2.45, 2.75) is 0 Å². The number of pyridine rings is 1. The van der Waals surface area contributed by atoms with Crippen molar-refractivity contribution in [2.24, 2.45) is 0 Å². The third-order valence-corrected chi connectivity index (χ3v) is 2.11. The summed E-state index contributed by atoms with van der Waals surface area (Å²) in [6.45, 7) is 0. The lowest BCUT2D eigenvalue weighted by Crippen LogP contribution is -1.83. The second-order valence-electron chi connectivity index (χ2n) is 2.22. The molecule has 0 fully saturated rings. The Labute approximate surface area is 70.7 Å². The van der Waals surface area contributed by atoms with Gasteiger partial charge in [0.15, 0.2) is 0 Å². The van der Waals surface area contributed by atoms with Crippen LogP contribution in [0.1, 0.15) is 0 Å². The monoisotopic (exact) mass is 183 g/mol. The van der Waals surface area contributed by atoms with Crippen molar-refractivity contribution < 1.29 is 0 Å². The van der Waals surface area contributed by atoms with Gasteiger partial charge in [0.25, 0.3) is 0 Å². The Kier molecular flexibility index (Phi) is 1.51. The predicted molar refractivity (Wildman–Crippen MR) is 50.0 cm³/mol. The van der Waals surface area contributed by atoms with Crippen LogP contribution >= 0.6 is 21.6 Å². The topological polar surface area (TPSA) is 33.6 Å². The maximum absolute atomic E-state index is 4.96. The van der Waals surface area contributed by atoms with Crippen molar-refractivity contribution in [1.29, 1.82) is 0 Å².